The molecule has 12 heteroatoms. The molecule has 0 saturated carbocycles. The van der Waals surface area contributed by atoms with Crippen molar-refractivity contribution in [3.05, 3.63) is 73.1 Å². The van der Waals surface area contributed by atoms with Gasteiger partial charge in [-0.25, -0.2) is 0 Å². The van der Waals surface area contributed by atoms with E-state index in [9.17, 15) is 14.9 Å². The second kappa shape index (κ2) is 11.6. The van der Waals surface area contributed by atoms with E-state index in [2.05, 4.69) is 9.88 Å². The lowest BCUT2D eigenvalue weighted by atomic mass is 10.0. The summed E-state index contributed by atoms with van der Waals surface area (Å²) in [6.07, 6.45) is 1.64. The lowest BCUT2D eigenvalue weighted by Crippen LogP contribution is -2.44. The van der Waals surface area contributed by atoms with Crippen LogP contribution in [0, 0.1) is 10.1 Å². The molecule has 3 heterocycles. The number of nitro groups is 1. The first-order valence-electron chi connectivity index (χ1n) is 13.0. The third-order valence-corrected chi connectivity index (χ3v) is 8.20. The minimum Gasteiger partial charge on any atom is -0.495 e. The van der Waals surface area contributed by atoms with Crippen molar-refractivity contribution in [3.63, 3.8) is 0 Å². The first-order valence-corrected chi connectivity index (χ1v) is 13.8. The number of ether oxygens (including phenoxy) is 2. The Morgan fingerprint density at radius 2 is 1.66 bits per heavy atom. The van der Waals surface area contributed by atoms with E-state index in [1.165, 1.54) is 14.2 Å². The zero-order chi connectivity index (χ0) is 29.4. The molecule has 10 nitrogen and oxygen atoms in total. The van der Waals surface area contributed by atoms with Crippen molar-refractivity contribution >= 4 is 45.5 Å². The Kier molecular flexibility index (Phi) is 8.08. The van der Waals surface area contributed by atoms with Gasteiger partial charge in [0, 0.05) is 67.6 Å². The van der Waals surface area contributed by atoms with Crippen molar-refractivity contribution in [1.82, 2.24) is 14.5 Å². The fourth-order valence-corrected chi connectivity index (χ4v) is 5.89. The van der Waals surface area contributed by atoms with Gasteiger partial charge in [-0.05, 0) is 32.2 Å². The normalized spacial score (nSPS) is 14.0. The summed E-state index contributed by atoms with van der Waals surface area (Å²) >= 11 is 13.3. The van der Waals surface area contributed by atoms with E-state index in [-0.39, 0.29) is 31.8 Å². The summed E-state index contributed by atoms with van der Waals surface area (Å²) in [5.41, 5.74) is 2.59. The molecule has 4 aromatic rings. The number of fused-ring (bicyclic) bond motifs is 1. The minimum absolute atomic E-state index is 0.0217. The number of hydrogen-bond donors (Lipinski definition) is 0. The second-order valence-electron chi connectivity index (χ2n) is 9.77. The number of methoxy groups -OCH3 is 2. The summed E-state index contributed by atoms with van der Waals surface area (Å²) in [5, 5.41) is 13.1. The number of halogens is 2. The summed E-state index contributed by atoms with van der Waals surface area (Å²) in [4.78, 5) is 34.3. The molecule has 1 aliphatic rings. The topological polar surface area (TPSA) is 103 Å². The van der Waals surface area contributed by atoms with E-state index in [1.807, 2.05) is 24.9 Å². The molecule has 5 rings (SSSR count). The van der Waals surface area contributed by atoms with Crippen molar-refractivity contribution in [2.45, 2.75) is 13.5 Å². The highest BCUT2D eigenvalue weighted by molar-refractivity contribution is 6.41. The van der Waals surface area contributed by atoms with E-state index in [1.54, 1.807) is 41.1 Å². The summed E-state index contributed by atoms with van der Waals surface area (Å²) in [5.74, 6) is 0.640. The molecule has 2 aromatic heterocycles. The van der Waals surface area contributed by atoms with Crippen LogP contribution in [0.3, 0.4) is 0 Å². The summed E-state index contributed by atoms with van der Waals surface area (Å²) in [7, 11) is 4.98. The fraction of sp³-hybridized carbons (Fsp3) is 0.310. The van der Waals surface area contributed by atoms with Gasteiger partial charge in [0.2, 0.25) is 0 Å². The van der Waals surface area contributed by atoms with E-state index in [4.69, 9.17) is 32.7 Å². The van der Waals surface area contributed by atoms with Gasteiger partial charge in [0.1, 0.15) is 17.2 Å². The predicted octanol–water partition coefficient (Wildman–Crippen LogP) is 5.73. The standard InChI is InChI=1S/C29H29Cl2N5O5/c1-5-35-22-14-20(17-6-7-21(23(13-17)36(38)39)34-10-8-33(2)9-11-34)32-16-18(22)12-19(29(35)37)26-27(30)24(40-3)15-25(41-4)28(26)31/h6-7,12-16H,5,8-11H2,1-4H3. The van der Waals surface area contributed by atoms with Crippen LogP contribution in [0.2, 0.25) is 10.0 Å². The first-order chi connectivity index (χ1) is 19.7. The quantitative estimate of drug-likeness (QED) is 0.196. The fourth-order valence-electron chi connectivity index (χ4n) is 5.19. The molecule has 0 aliphatic carbocycles. The van der Waals surface area contributed by atoms with Gasteiger partial charge in [0.25, 0.3) is 11.2 Å². The number of piperazine rings is 1. The van der Waals surface area contributed by atoms with Crippen molar-refractivity contribution in [1.29, 1.82) is 0 Å². The third kappa shape index (κ3) is 5.18. The van der Waals surface area contributed by atoms with E-state index < -0.39 is 0 Å². The monoisotopic (exact) mass is 597 g/mol. The summed E-state index contributed by atoms with van der Waals surface area (Å²) in [6, 6.07) is 10.2. The smallest absolute Gasteiger partial charge is 0.293 e. The Morgan fingerprint density at radius 3 is 2.24 bits per heavy atom. The molecule has 214 valence electrons. The molecule has 2 aromatic carbocycles. The van der Waals surface area contributed by atoms with Crippen LogP contribution in [-0.2, 0) is 6.54 Å². The molecule has 1 fully saturated rings. The molecule has 0 amide bonds. The second-order valence-corrected chi connectivity index (χ2v) is 10.5. The Labute approximate surface area is 246 Å². The number of benzene rings is 2. The van der Waals surface area contributed by atoms with E-state index >= 15 is 0 Å². The van der Waals surface area contributed by atoms with Crippen molar-refractivity contribution in [3.8, 4) is 33.9 Å². The van der Waals surface area contributed by atoms with Crippen LogP contribution in [0.5, 0.6) is 11.5 Å². The highest BCUT2D eigenvalue weighted by atomic mass is 35.5. The predicted molar refractivity (Wildman–Crippen MR) is 162 cm³/mol. The van der Waals surface area contributed by atoms with Crippen LogP contribution in [0.25, 0.3) is 33.3 Å². The maximum absolute atomic E-state index is 13.8. The number of aromatic nitrogens is 2. The molecular weight excluding hydrogens is 569 g/mol. The molecule has 0 unspecified atom stereocenters. The zero-order valence-electron chi connectivity index (χ0n) is 23.1. The van der Waals surface area contributed by atoms with E-state index in [0.717, 1.165) is 13.1 Å². The molecule has 0 atom stereocenters. The van der Waals surface area contributed by atoms with Gasteiger partial charge in [-0.3, -0.25) is 19.9 Å². The highest BCUT2D eigenvalue weighted by Gasteiger charge is 2.25. The summed E-state index contributed by atoms with van der Waals surface area (Å²) < 4.78 is 12.4. The number of hydrogen-bond acceptors (Lipinski definition) is 8. The average molecular weight is 598 g/mol. The van der Waals surface area contributed by atoms with Gasteiger partial charge in [-0.1, -0.05) is 29.3 Å². The van der Waals surface area contributed by atoms with Crippen molar-refractivity contribution in [2.75, 3.05) is 52.3 Å². The Morgan fingerprint density at radius 1 is 1.00 bits per heavy atom. The molecule has 0 N–H and O–H groups in total. The molecule has 41 heavy (non-hydrogen) atoms. The Bertz CT molecular complexity index is 1690. The van der Waals surface area contributed by atoms with Gasteiger partial charge < -0.3 is 23.8 Å². The molecule has 1 saturated heterocycles. The Balaban J connectivity index is 1.64. The molecule has 0 spiro atoms. The lowest BCUT2D eigenvalue weighted by molar-refractivity contribution is -0.384. The third-order valence-electron chi connectivity index (χ3n) is 7.45. The van der Waals surface area contributed by atoms with Gasteiger partial charge in [0.15, 0.2) is 0 Å². The number of nitrogens with zero attached hydrogens (tertiary/aromatic N) is 5. The largest absolute Gasteiger partial charge is 0.495 e. The molecule has 0 bridgehead atoms. The number of aryl methyl sites for hydroxylation is 1. The van der Waals surface area contributed by atoms with Crippen molar-refractivity contribution < 1.29 is 14.4 Å². The van der Waals surface area contributed by atoms with Crippen LogP contribution in [0.4, 0.5) is 11.4 Å². The van der Waals surface area contributed by atoms with Gasteiger partial charge in [-0.2, -0.15) is 0 Å². The van der Waals surface area contributed by atoms with Crippen LogP contribution >= 0.6 is 23.2 Å². The highest BCUT2D eigenvalue weighted by Crippen LogP contribution is 2.45. The lowest BCUT2D eigenvalue weighted by Gasteiger charge is -2.33. The number of anilines is 1. The molecular formula is C29H29Cl2N5O5. The van der Waals surface area contributed by atoms with Gasteiger partial charge >= 0.3 is 0 Å². The van der Waals surface area contributed by atoms with Gasteiger partial charge in [-0.15, -0.1) is 0 Å². The SMILES string of the molecule is CCn1c(=O)c(-c2c(Cl)c(OC)cc(OC)c2Cl)cc2cnc(-c3ccc(N4CCN(C)CC4)c([N+](=O)[O-])c3)cc21. The first kappa shape index (κ1) is 28.7. The Hall–Kier alpha value is -3.86. The summed E-state index contributed by atoms with van der Waals surface area (Å²) in [6.45, 7) is 5.30. The van der Waals surface area contributed by atoms with Crippen LogP contribution < -0.4 is 19.9 Å². The zero-order valence-corrected chi connectivity index (χ0v) is 24.6. The number of pyridine rings is 2. The maximum Gasteiger partial charge on any atom is 0.293 e. The molecule has 0 radical (unpaired) electrons. The van der Waals surface area contributed by atoms with Crippen LogP contribution in [-0.4, -0.2) is 66.8 Å². The molecule has 1 aliphatic heterocycles. The van der Waals surface area contributed by atoms with Gasteiger partial charge in [0.05, 0.1) is 46.0 Å². The number of nitro benzene ring substituents is 1. The van der Waals surface area contributed by atoms with Crippen LogP contribution in [0.15, 0.2) is 47.4 Å². The van der Waals surface area contributed by atoms with Crippen molar-refractivity contribution in [2.24, 2.45) is 0 Å². The number of likely N-dealkylation sites (N-methyl/N-ethyl adjacent to an activating group) is 1. The average Bonchev–Trinajstić information content (AvgIpc) is 2.97. The van der Waals surface area contributed by atoms with Crippen LogP contribution in [0.1, 0.15) is 6.92 Å². The minimum atomic E-state index is -0.359. The number of rotatable bonds is 7. The maximum atomic E-state index is 13.8. The van der Waals surface area contributed by atoms with E-state index in [0.29, 0.717) is 64.5 Å².